The number of benzene rings is 1. The Morgan fingerprint density at radius 3 is 2.67 bits per heavy atom. The van der Waals surface area contributed by atoms with Crippen LogP contribution in [0.15, 0.2) is 54.9 Å². The Hall–Kier alpha value is -3.48. The molecule has 7 heteroatoms. The fourth-order valence-corrected chi connectivity index (χ4v) is 2.73. The lowest BCUT2D eigenvalue weighted by Gasteiger charge is -2.15. The van der Waals surface area contributed by atoms with Crippen molar-refractivity contribution >= 4 is 35.2 Å². The Morgan fingerprint density at radius 1 is 1.19 bits per heavy atom. The zero-order chi connectivity index (χ0) is 19.1. The number of nitrogens with zero attached hydrogens (tertiary/aromatic N) is 2. The Kier molecular flexibility index (Phi) is 5.94. The molecule has 0 bridgehead atoms. The Bertz CT molecular complexity index is 847. The summed E-state index contributed by atoms with van der Waals surface area (Å²) in [5.41, 5.74) is 2.27. The Labute approximate surface area is 157 Å². The Morgan fingerprint density at radius 2 is 2.00 bits per heavy atom. The van der Waals surface area contributed by atoms with Gasteiger partial charge in [0.15, 0.2) is 0 Å². The summed E-state index contributed by atoms with van der Waals surface area (Å²) in [5, 5.41) is 5.16. The molecule has 0 spiro atoms. The number of carbonyl (C=O) groups excluding carboxylic acids is 3. The highest BCUT2D eigenvalue weighted by molar-refractivity contribution is 5.98. The van der Waals surface area contributed by atoms with Gasteiger partial charge >= 0.3 is 0 Å². The maximum atomic E-state index is 11.8. The van der Waals surface area contributed by atoms with Gasteiger partial charge in [-0.2, -0.15) is 0 Å². The van der Waals surface area contributed by atoms with Crippen LogP contribution in [0.5, 0.6) is 0 Å². The third-order valence-corrected chi connectivity index (χ3v) is 4.07. The summed E-state index contributed by atoms with van der Waals surface area (Å²) in [6.07, 6.45) is 7.64. The first-order valence-corrected chi connectivity index (χ1v) is 8.68. The van der Waals surface area contributed by atoms with Crippen molar-refractivity contribution in [2.75, 3.05) is 23.3 Å². The van der Waals surface area contributed by atoms with E-state index in [0.717, 1.165) is 24.2 Å². The van der Waals surface area contributed by atoms with E-state index in [1.807, 2.05) is 24.3 Å². The lowest BCUT2D eigenvalue weighted by Crippen LogP contribution is -2.31. The standard InChI is InChI=1S/C20H20N4O3/c25-18(22-14-19(26)23-16-3-1-11-21-13-16)10-7-15-5-8-17(9-6-15)24-12-2-4-20(24)27/h1,3,5-11,13H,2,4,12,14H2,(H,22,25)(H,23,26)/b10-7+. The SMILES string of the molecule is O=C(/C=C/c1ccc(N2CCCC2=O)cc1)NCC(=O)Nc1cccnc1. The van der Waals surface area contributed by atoms with E-state index in [9.17, 15) is 14.4 Å². The van der Waals surface area contributed by atoms with Gasteiger partial charge in [0.25, 0.3) is 0 Å². The second-order valence-electron chi connectivity index (χ2n) is 6.08. The number of rotatable bonds is 6. The highest BCUT2D eigenvalue weighted by Crippen LogP contribution is 2.21. The predicted molar refractivity (Wildman–Crippen MR) is 103 cm³/mol. The van der Waals surface area contributed by atoms with Crippen LogP contribution < -0.4 is 15.5 Å². The van der Waals surface area contributed by atoms with Crippen LogP contribution in [0.4, 0.5) is 11.4 Å². The first-order valence-electron chi connectivity index (χ1n) is 8.68. The normalized spacial score (nSPS) is 13.8. The van der Waals surface area contributed by atoms with Gasteiger partial charge in [-0.3, -0.25) is 19.4 Å². The molecule has 0 unspecified atom stereocenters. The lowest BCUT2D eigenvalue weighted by atomic mass is 10.2. The number of amides is 3. The van der Waals surface area contributed by atoms with Crippen molar-refractivity contribution < 1.29 is 14.4 Å². The van der Waals surface area contributed by atoms with Gasteiger partial charge in [-0.05, 0) is 42.3 Å². The Balaban J connectivity index is 1.46. The minimum Gasteiger partial charge on any atom is -0.343 e. The maximum Gasteiger partial charge on any atom is 0.244 e. The average molecular weight is 364 g/mol. The molecule has 1 aliphatic rings. The summed E-state index contributed by atoms with van der Waals surface area (Å²) in [6, 6.07) is 10.8. The van der Waals surface area contributed by atoms with Crippen LogP contribution in [0.25, 0.3) is 6.08 Å². The van der Waals surface area contributed by atoms with Gasteiger partial charge in [0.2, 0.25) is 17.7 Å². The van der Waals surface area contributed by atoms with E-state index in [0.29, 0.717) is 12.1 Å². The van der Waals surface area contributed by atoms with Crippen molar-refractivity contribution in [1.29, 1.82) is 0 Å². The molecule has 2 aromatic rings. The molecule has 1 aliphatic heterocycles. The molecule has 0 radical (unpaired) electrons. The summed E-state index contributed by atoms with van der Waals surface area (Å²) in [7, 11) is 0. The van der Waals surface area contributed by atoms with Crippen LogP contribution in [0.3, 0.4) is 0 Å². The van der Waals surface area contributed by atoms with Crippen LogP contribution in [0.1, 0.15) is 18.4 Å². The molecule has 0 atom stereocenters. The molecule has 0 aliphatic carbocycles. The molecule has 1 fully saturated rings. The fourth-order valence-electron chi connectivity index (χ4n) is 2.73. The second kappa shape index (κ2) is 8.75. The first-order chi connectivity index (χ1) is 13.1. The third-order valence-electron chi connectivity index (χ3n) is 4.07. The van der Waals surface area contributed by atoms with E-state index in [1.165, 1.54) is 12.3 Å². The lowest BCUT2D eigenvalue weighted by molar-refractivity contribution is -0.121. The molecule has 3 rings (SSSR count). The summed E-state index contributed by atoms with van der Waals surface area (Å²) >= 11 is 0. The van der Waals surface area contributed by atoms with E-state index in [1.54, 1.807) is 29.3 Å². The van der Waals surface area contributed by atoms with Crippen molar-refractivity contribution in [2.45, 2.75) is 12.8 Å². The van der Waals surface area contributed by atoms with Crippen LogP contribution in [-0.4, -0.2) is 35.8 Å². The number of pyridine rings is 1. The topological polar surface area (TPSA) is 91.4 Å². The van der Waals surface area contributed by atoms with Crippen molar-refractivity contribution in [3.8, 4) is 0 Å². The molecule has 3 amide bonds. The van der Waals surface area contributed by atoms with Crippen LogP contribution in [0.2, 0.25) is 0 Å². The molecule has 27 heavy (non-hydrogen) atoms. The third kappa shape index (κ3) is 5.24. The van der Waals surface area contributed by atoms with Gasteiger partial charge in [0.1, 0.15) is 0 Å². The zero-order valence-corrected chi connectivity index (χ0v) is 14.7. The minimum atomic E-state index is -0.366. The van der Waals surface area contributed by atoms with Crippen molar-refractivity contribution in [2.24, 2.45) is 0 Å². The van der Waals surface area contributed by atoms with Crippen molar-refractivity contribution in [3.05, 3.63) is 60.4 Å². The highest BCUT2D eigenvalue weighted by atomic mass is 16.2. The quantitative estimate of drug-likeness (QED) is 0.767. The van der Waals surface area contributed by atoms with E-state index < -0.39 is 0 Å². The number of carbonyl (C=O) groups is 3. The summed E-state index contributed by atoms with van der Waals surface area (Å²) in [4.78, 5) is 41.0. The van der Waals surface area contributed by atoms with E-state index in [4.69, 9.17) is 0 Å². The summed E-state index contributed by atoms with van der Waals surface area (Å²) in [5.74, 6) is -0.554. The molecular formula is C20H20N4O3. The molecule has 1 aromatic carbocycles. The van der Waals surface area contributed by atoms with Gasteiger partial charge in [-0.25, -0.2) is 0 Å². The van der Waals surface area contributed by atoms with E-state index in [2.05, 4.69) is 15.6 Å². The fraction of sp³-hybridized carbons (Fsp3) is 0.200. The van der Waals surface area contributed by atoms with Gasteiger partial charge in [0.05, 0.1) is 18.4 Å². The molecular weight excluding hydrogens is 344 g/mol. The minimum absolute atomic E-state index is 0.131. The van der Waals surface area contributed by atoms with Crippen molar-refractivity contribution in [3.63, 3.8) is 0 Å². The first kappa shape index (κ1) is 18.3. The molecule has 2 N–H and O–H groups in total. The van der Waals surface area contributed by atoms with Crippen LogP contribution in [-0.2, 0) is 14.4 Å². The molecule has 0 saturated carbocycles. The number of nitrogens with one attached hydrogen (secondary N) is 2. The zero-order valence-electron chi connectivity index (χ0n) is 14.7. The smallest absolute Gasteiger partial charge is 0.244 e. The van der Waals surface area contributed by atoms with E-state index in [-0.39, 0.29) is 24.3 Å². The largest absolute Gasteiger partial charge is 0.343 e. The van der Waals surface area contributed by atoms with Crippen LogP contribution in [0, 0.1) is 0 Å². The monoisotopic (exact) mass is 364 g/mol. The molecule has 138 valence electrons. The average Bonchev–Trinajstić information content (AvgIpc) is 3.12. The molecule has 1 saturated heterocycles. The number of anilines is 2. The van der Waals surface area contributed by atoms with Gasteiger partial charge < -0.3 is 15.5 Å². The maximum absolute atomic E-state index is 11.8. The van der Waals surface area contributed by atoms with Crippen LogP contribution >= 0.6 is 0 Å². The second-order valence-corrected chi connectivity index (χ2v) is 6.08. The highest BCUT2D eigenvalue weighted by Gasteiger charge is 2.21. The van der Waals surface area contributed by atoms with E-state index >= 15 is 0 Å². The number of hydrogen-bond acceptors (Lipinski definition) is 4. The van der Waals surface area contributed by atoms with Gasteiger partial charge in [-0.1, -0.05) is 12.1 Å². The summed E-state index contributed by atoms with van der Waals surface area (Å²) in [6.45, 7) is 0.617. The molecule has 1 aromatic heterocycles. The van der Waals surface area contributed by atoms with Gasteiger partial charge in [0, 0.05) is 30.9 Å². The van der Waals surface area contributed by atoms with Crippen molar-refractivity contribution in [1.82, 2.24) is 10.3 Å². The predicted octanol–water partition coefficient (Wildman–Crippen LogP) is 1.98. The molecule has 7 nitrogen and oxygen atoms in total. The van der Waals surface area contributed by atoms with Gasteiger partial charge in [-0.15, -0.1) is 0 Å². The number of aromatic nitrogens is 1. The number of hydrogen-bond donors (Lipinski definition) is 2. The molecule has 2 heterocycles. The summed E-state index contributed by atoms with van der Waals surface area (Å²) < 4.78 is 0.